The molecular weight excluding hydrogens is 512 g/mol. The SMILES string of the molecule is O=C(COc1ccc(C=NNC(=O)C(=O)Nc2ccccc2Br)cc1)Nc1ccccc1Cl. The molecule has 0 saturated heterocycles. The Morgan fingerprint density at radius 3 is 2.24 bits per heavy atom. The minimum atomic E-state index is -0.911. The van der Waals surface area contributed by atoms with E-state index in [2.05, 4.69) is 37.1 Å². The smallest absolute Gasteiger partial charge is 0.329 e. The molecule has 0 aliphatic heterocycles. The molecule has 0 spiro atoms. The molecule has 8 nitrogen and oxygen atoms in total. The summed E-state index contributed by atoms with van der Waals surface area (Å²) < 4.78 is 6.10. The summed E-state index contributed by atoms with van der Waals surface area (Å²) in [7, 11) is 0. The van der Waals surface area contributed by atoms with Gasteiger partial charge in [0.2, 0.25) is 0 Å². The van der Waals surface area contributed by atoms with Gasteiger partial charge in [0, 0.05) is 4.47 Å². The van der Waals surface area contributed by atoms with Gasteiger partial charge >= 0.3 is 11.8 Å². The Balaban J connectivity index is 1.44. The van der Waals surface area contributed by atoms with Crippen LogP contribution in [0.5, 0.6) is 5.75 Å². The molecule has 0 heterocycles. The number of benzene rings is 3. The molecule has 3 N–H and O–H groups in total. The van der Waals surface area contributed by atoms with Gasteiger partial charge in [-0.25, -0.2) is 5.43 Å². The normalized spacial score (nSPS) is 10.5. The maximum absolute atomic E-state index is 12.0. The second-order valence-corrected chi connectivity index (χ2v) is 7.78. The predicted molar refractivity (Wildman–Crippen MR) is 131 cm³/mol. The fourth-order valence-electron chi connectivity index (χ4n) is 2.51. The number of rotatable bonds is 7. The first-order chi connectivity index (χ1) is 15.9. The lowest BCUT2D eigenvalue weighted by Crippen LogP contribution is -2.32. The van der Waals surface area contributed by atoms with Gasteiger partial charge in [0.15, 0.2) is 6.61 Å². The van der Waals surface area contributed by atoms with E-state index in [1.807, 2.05) is 0 Å². The summed E-state index contributed by atoms with van der Waals surface area (Å²) in [6.45, 7) is -0.193. The molecule has 0 unspecified atom stereocenters. The fourth-order valence-corrected chi connectivity index (χ4v) is 3.07. The summed E-state index contributed by atoms with van der Waals surface area (Å²) in [6.07, 6.45) is 1.37. The number of anilines is 2. The third-order valence-corrected chi connectivity index (χ3v) is 5.13. The number of nitrogens with zero attached hydrogens (tertiary/aromatic N) is 1. The minimum absolute atomic E-state index is 0.193. The maximum atomic E-state index is 12.0. The molecule has 168 valence electrons. The zero-order valence-electron chi connectivity index (χ0n) is 17.0. The van der Waals surface area contributed by atoms with Crippen molar-refractivity contribution in [3.05, 3.63) is 87.9 Å². The fraction of sp³-hybridized carbons (Fsp3) is 0.0435. The quantitative estimate of drug-likeness (QED) is 0.242. The van der Waals surface area contributed by atoms with Crippen LogP contribution in [0.1, 0.15) is 5.56 Å². The Morgan fingerprint density at radius 1 is 0.879 bits per heavy atom. The van der Waals surface area contributed by atoms with Crippen LogP contribution in [0.4, 0.5) is 11.4 Å². The molecule has 3 aromatic carbocycles. The van der Waals surface area contributed by atoms with Crippen molar-refractivity contribution in [3.63, 3.8) is 0 Å². The summed E-state index contributed by atoms with van der Waals surface area (Å²) >= 11 is 9.29. The van der Waals surface area contributed by atoms with Gasteiger partial charge in [-0.2, -0.15) is 5.10 Å². The topological polar surface area (TPSA) is 109 Å². The van der Waals surface area contributed by atoms with Gasteiger partial charge in [-0.05, 0) is 70.0 Å². The number of carbonyl (C=O) groups excluding carboxylic acids is 3. The molecule has 10 heteroatoms. The van der Waals surface area contributed by atoms with Crippen molar-refractivity contribution < 1.29 is 19.1 Å². The van der Waals surface area contributed by atoms with Crippen molar-refractivity contribution in [2.75, 3.05) is 17.2 Å². The Bertz CT molecular complexity index is 1190. The average Bonchev–Trinajstić information content (AvgIpc) is 2.81. The van der Waals surface area contributed by atoms with Crippen LogP contribution in [0.25, 0.3) is 0 Å². The number of hydrogen-bond acceptors (Lipinski definition) is 5. The van der Waals surface area contributed by atoms with Gasteiger partial charge < -0.3 is 15.4 Å². The van der Waals surface area contributed by atoms with Gasteiger partial charge in [0.1, 0.15) is 5.75 Å². The molecule has 3 rings (SSSR count). The number of hydrogen-bond donors (Lipinski definition) is 3. The van der Waals surface area contributed by atoms with Crippen LogP contribution < -0.4 is 20.8 Å². The van der Waals surface area contributed by atoms with Crippen LogP contribution in [0.2, 0.25) is 5.02 Å². The highest BCUT2D eigenvalue weighted by molar-refractivity contribution is 9.10. The highest BCUT2D eigenvalue weighted by atomic mass is 79.9. The van der Waals surface area contributed by atoms with E-state index in [-0.39, 0.29) is 12.5 Å². The number of hydrazone groups is 1. The number of halogens is 2. The van der Waals surface area contributed by atoms with E-state index in [0.29, 0.717) is 32.2 Å². The van der Waals surface area contributed by atoms with E-state index >= 15 is 0 Å². The van der Waals surface area contributed by atoms with Crippen LogP contribution in [0.15, 0.2) is 82.4 Å². The number of nitrogens with one attached hydrogen (secondary N) is 3. The van der Waals surface area contributed by atoms with E-state index < -0.39 is 11.8 Å². The highest BCUT2D eigenvalue weighted by Crippen LogP contribution is 2.21. The standard InChI is InChI=1S/C23H18BrClN4O4/c24-17-5-1-3-7-19(17)28-22(31)23(32)29-26-13-15-9-11-16(12-10-15)33-14-21(30)27-20-8-4-2-6-18(20)25/h1-13H,14H2,(H,27,30)(H,28,31)(H,29,32). The Hall–Kier alpha value is -3.69. The first-order valence-electron chi connectivity index (χ1n) is 9.58. The molecule has 33 heavy (non-hydrogen) atoms. The van der Waals surface area contributed by atoms with E-state index in [1.54, 1.807) is 72.8 Å². The lowest BCUT2D eigenvalue weighted by molar-refractivity contribution is -0.136. The lowest BCUT2D eigenvalue weighted by atomic mass is 10.2. The van der Waals surface area contributed by atoms with Crippen LogP contribution in [0, 0.1) is 0 Å². The Morgan fingerprint density at radius 2 is 1.55 bits per heavy atom. The molecule has 0 aliphatic rings. The van der Waals surface area contributed by atoms with Gasteiger partial charge in [0.25, 0.3) is 5.91 Å². The van der Waals surface area contributed by atoms with Crippen molar-refractivity contribution in [1.29, 1.82) is 0 Å². The minimum Gasteiger partial charge on any atom is -0.484 e. The molecule has 0 bridgehead atoms. The third kappa shape index (κ3) is 7.44. The van der Waals surface area contributed by atoms with Gasteiger partial charge in [-0.15, -0.1) is 0 Å². The van der Waals surface area contributed by atoms with Crippen LogP contribution >= 0.6 is 27.5 Å². The van der Waals surface area contributed by atoms with Crippen LogP contribution in [-0.4, -0.2) is 30.5 Å². The molecular formula is C23H18BrClN4O4. The zero-order valence-corrected chi connectivity index (χ0v) is 19.4. The maximum Gasteiger partial charge on any atom is 0.329 e. The van der Waals surface area contributed by atoms with Crippen molar-refractivity contribution in [3.8, 4) is 5.75 Å². The molecule has 0 saturated carbocycles. The number of carbonyl (C=O) groups is 3. The average molecular weight is 530 g/mol. The largest absolute Gasteiger partial charge is 0.484 e. The predicted octanol–water partition coefficient (Wildman–Crippen LogP) is 4.21. The molecule has 3 amide bonds. The zero-order chi connectivity index (χ0) is 23.6. The summed E-state index contributed by atoms with van der Waals surface area (Å²) in [6, 6.07) is 20.5. The van der Waals surface area contributed by atoms with Crippen molar-refractivity contribution in [2.24, 2.45) is 5.10 Å². The lowest BCUT2D eigenvalue weighted by Gasteiger charge is -2.08. The highest BCUT2D eigenvalue weighted by Gasteiger charge is 2.14. The Labute approximate surface area is 203 Å². The van der Waals surface area contributed by atoms with Crippen LogP contribution in [-0.2, 0) is 14.4 Å². The van der Waals surface area contributed by atoms with E-state index in [4.69, 9.17) is 16.3 Å². The molecule has 0 fully saturated rings. The Kier molecular flexibility index (Phi) is 8.56. The van der Waals surface area contributed by atoms with E-state index in [1.165, 1.54) is 6.21 Å². The molecule has 0 aliphatic carbocycles. The third-order valence-electron chi connectivity index (χ3n) is 4.11. The number of para-hydroxylation sites is 2. The van der Waals surface area contributed by atoms with Gasteiger partial charge in [-0.1, -0.05) is 35.9 Å². The molecule has 0 atom stereocenters. The molecule has 3 aromatic rings. The second kappa shape index (κ2) is 11.8. The van der Waals surface area contributed by atoms with Crippen molar-refractivity contribution >= 4 is 62.8 Å². The first-order valence-corrected chi connectivity index (χ1v) is 10.8. The summed E-state index contributed by atoms with van der Waals surface area (Å²) in [5.41, 5.74) is 3.78. The van der Waals surface area contributed by atoms with E-state index in [9.17, 15) is 14.4 Å². The van der Waals surface area contributed by atoms with Gasteiger partial charge in [0.05, 0.1) is 22.6 Å². The molecule has 0 radical (unpaired) electrons. The summed E-state index contributed by atoms with van der Waals surface area (Å²) in [5, 5.41) is 9.35. The second-order valence-electron chi connectivity index (χ2n) is 6.52. The number of amides is 3. The summed E-state index contributed by atoms with van der Waals surface area (Å²) in [5.74, 6) is -1.64. The summed E-state index contributed by atoms with van der Waals surface area (Å²) in [4.78, 5) is 35.8. The van der Waals surface area contributed by atoms with Crippen molar-refractivity contribution in [2.45, 2.75) is 0 Å². The number of ether oxygens (including phenoxy) is 1. The molecule has 0 aromatic heterocycles. The monoisotopic (exact) mass is 528 g/mol. The first kappa shape index (κ1) is 24.0. The van der Waals surface area contributed by atoms with Crippen molar-refractivity contribution in [1.82, 2.24) is 5.43 Å². The van der Waals surface area contributed by atoms with E-state index in [0.717, 1.165) is 0 Å². The van der Waals surface area contributed by atoms with Gasteiger partial charge in [-0.3, -0.25) is 14.4 Å². The van der Waals surface area contributed by atoms with Crippen LogP contribution in [0.3, 0.4) is 0 Å².